The molecule has 1 unspecified atom stereocenters. The van der Waals surface area contributed by atoms with Crippen molar-refractivity contribution in [1.29, 1.82) is 5.26 Å². The van der Waals surface area contributed by atoms with Gasteiger partial charge in [0.25, 0.3) is 0 Å². The van der Waals surface area contributed by atoms with Gasteiger partial charge >= 0.3 is 14.5 Å². The highest BCUT2D eigenvalue weighted by molar-refractivity contribution is 6.87. The minimum absolute atomic E-state index is 0.284. The monoisotopic (exact) mass is 589 g/mol. The highest BCUT2D eigenvalue weighted by Gasteiger charge is 2.42. The molecule has 212 valence electrons. The summed E-state index contributed by atoms with van der Waals surface area (Å²) in [5.74, 6) is -0.0783. The van der Waals surface area contributed by atoms with Gasteiger partial charge in [-0.1, -0.05) is 62.2 Å². The van der Waals surface area contributed by atoms with Gasteiger partial charge in [-0.3, -0.25) is 0 Å². The van der Waals surface area contributed by atoms with Crippen LogP contribution in [-0.2, 0) is 8.23 Å². The zero-order valence-corrected chi connectivity index (χ0v) is 28.2. The number of rotatable bonds is 12. The number of carbonyl (C=O) groups is 1. The van der Waals surface area contributed by atoms with Gasteiger partial charge in [0.15, 0.2) is 16.6 Å². The maximum Gasteiger partial charge on any atom is 0.343 e. The third-order valence-corrected chi connectivity index (χ3v) is 17.5. The molecule has 0 aromatic heterocycles. The number of nitrogens with zero attached hydrogens (tertiary/aromatic N) is 1. The molecule has 0 aliphatic heterocycles. The van der Waals surface area contributed by atoms with Gasteiger partial charge in [0.2, 0.25) is 0 Å². The van der Waals surface area contributed by atoms with Gasteiger partial charge in [0, 0.05) is 11.1 Å². The Morgan fingerprint density at radius 3 is 2.10 bits per heavy atom. The standard InChI is InChI=1S/C32H43NO4Si3/c1-9-10-16-31(39(5,6)37-40(7,8)36-38(2,3)4)27-18-20-28(21-19-27)32(34)35-30-23-25(24-33)17-22-29(30)26-14-12-11-13-15-26/h11-15,17-23,31H,9-10,16H2,1-8H3. The zero-order valence-electron chi connectivity index (χ0n) is 25.2. The molecular weight excluding hydrogens is 547 g/mol. The third kappa shape index (κ3) is 8.85. The van der Waals surface area contributed by atoms with Gasteiger partial charge in [-0.05, 0) is 93.7 Å². The summed E-state index contributed by atoms with van der Waals surface area (Å²) in [6.07, 6.45) is 3.27. The van der Waals surface area contributed by atoms with Crippen molar-refractivity contribution in [2.75, 3.05) is 0 Å². The Morgan fingerprint density at radius 2 is 1.52 bits per heavy atom. The van der Waals surface area contributed by atoms with E-state index in [1.165, 1.54) is 5.56 Å². The Balaban J connectivity index is 1.86. The first kappa shape index (κ1) is 31.7. The summed E-state index contributed by atoms with van der Waals surface area (Å²) >= 11 is 0. The average Bonchev–Trinajstić information content (AvgIpc) is 2.87. The van der Waals surface area contributed by atoms with Gasteiger partial charge in [0.1, 0.15) is 5.75 Å². The fraction of sp³-hybridized carbons (Fsp3) is 0.375. The largest absolute Gasteiger partial charge is 0.437 e. The van der Waals surface area contributed by atoms with Crippen LogP contribution in [0.15, 0.2) is 72.8 Å². The molecule has 3 aromatic carbocycles. The molecule has 3 rings (SSSR count). The molecule has 0 saturated carbocycles. The van der Waals surface area contributed by atoms with Crippen LogP contribution in [0, 0.1) is 11.3 Å². The Bertz CT molecular complexity index is 1330. The van der Waals surface area contributed by atoms with E-state index >= 15 is 0 Å². The predicted molar refractivity (Wildman–Crippen MR) is 171 cm³/mol. The van der Waals surface area contributed by atoms with Crippen LogP contribution in [-0.4, -0.2) is 31.2 Å². The molecule has 0 radical (unpaired) electrons. The van der Waals surface area contributed by atoms with Gasteiger partial charge in [-0.25, -0.2) is 4.79 Å². The fourth-order valence-electron chi connectivity index (χ4n) is 5.33. The number of esters is 1. The second-order valence-electron chi connectivity index (χ2n) is 12.2. The van der Waals surface area contributed by atoms with Crippen LogP contribution in [0.3, 0.4) is 0 Å². The van der Waals surface area contributed by atoms with Crippen molar-refractivity contribution in [3.05, 3.63) is 89.5 Å². The second-order valence-corrected chi connectivity index (χ2v) is 24.8. The molecule has 40 heavy (non-hydrogen) atoms. The Hall–Kier alpha value is -2.81. The molecule has 0 fully saturated rings. The van der Waals surface area contributed by atoms with Gasteiger partial charge < -0.3 is 13.0 Å². The molecule has 3 aromatic rings. The van der Waals surface area contributed by atoms with Crippen LogP contribution in [0.2, 0.25) is 45.8 Å². The number of carbonyl (C=O) groups excluding carboxylic acids is 1. The molecule has 0 spiro atoms. The first-order valence-corrected chi connectivity index (χ1v) is 23.3. The van der Waals surface area contributed by atoms with Crippen molar-refractivity contribution in [3.8, 4) is 22.9 Å². The number of nitriles is 1. The van der Waals surface area contributed by atoms with Crippen LogP contribution < -0.4 is 4.74 Å². The number of ether oxygens (including phenoxy) is 1. The van der Waals surface area contributed by atoms with Crippen molar-refractivity contribution in [2.45, 2.75) is 77.6 Å². The van der Waals surface area contributed by atoms with Gasteiger partial charge in [-0.2, -0.15) is 5.26 Å². The van der Waals surface area contributed by atoms with Crippen LogP contribution in [0.5, 0.6) is 5.75 Å². The highest BCUT2D eigenvalue weighted by Crippen LogP contribution is 2.36. The average molecular weight is 590 g/mol. The van der Waals surface area contributed by atoms with E-state index in [0.29, 0.717) is 16.9 Å². The summed E-state index contributed by atoms with van der Waals surface area (Å²) < 4.78 is 19.3. The van der Waals surface area contributed by atoms with E-state index in [-0.39, 0.29) is 5.54 Å². The van der Waals surface area contributed by atoms with E-state index in [4.69, 9.17) is 13.0 Å². The summed E-state index contributed by atoms with van der Waals surface area (Å²) in [6, 6.07) is 24.8. The maximum absolute atomic E-state index is 13.2. The molecule has 1 atom stereocenters. The lowest BCUT2D eigenvalue weighted by molar-refractivity contribution is 0.0735. The molecule has 0 N–H and O–H groups in total. The lowest BCUT2D eigenvalue weighted by Gasteiger charge is -2.41. The number of hydrogen-bond acceptors (Lipinski definition) is 5. The van der Waals surface area contributed by atoms with Crippen molar-refractivity contribution in [3.63, 3.8) is 0 Å². The summed E-state index contributed by atoms with van der Waals surface area (Å²) in [7, 11) is -6.22. The fourth-order valence-corrected chi connectivity index (χ4v) is 19.3. The molecule has 0 aliphatic carbocycles. The summed E-state index contributed by atoms with van der Waals surface area (Å²) in [5.41, 5.74) is 4.06. The quantitative estimate of drug-likeness (QED) is 0.120. The highest BCUT2D eigenvalue weighted by atomic mass is 28.5. The molecular formula is C32H43NO4Si3. The summed E-state index contributed by atoms with van der Waals surface area (Å²) in [6.45, 7) is 17.8. The Labute approximate surface area is 243 Å². The van der Waals surface area contributed by atoms with Gasteiger partial charge in [0.05, 0.1) is 17.2 Å². The zero-order chi connectivity index (χ0) is 29.6. The van der Waals surface area contributed by atoms with E-state index in [9.17, 15) is 10.1 Å². The smallest absolute Gasteiger partial charge is 0.343 e. The molecule has 8 heteroatoms. The molecule has 5 nitrogen and oxygen atoms in total. The van der Waals surface area contributed by atoms with E-state index in [0.717, 1.165) is 30.4 Å². The van der Waals surface area contributed by atoms with Crippen LogP contribution >= 0.6 is 0 Å². The molecule has 0 heterocycles. The lowest BCUT2D eigenvalue weighted by Crippen LogP contribution is -2.53. The number of unbranched alkanes of at least 4 members (excludes halogenated alkanes) is 1. The van der Waals surface area contributed by atoms with Crippen molar-refractivity contribution in [1.82, 2.24) is 0 Å². The van der Waals surface area contributed by atoms with Gasteiger partial charge in [-0.15, -0.1) is 0 Å². The minimum Gasteiger partial charge on any atom is -0.437 e. The van der Waals surface area contributed by atoms with Crippen molar-refractivity contribution >= 4 is 31.2 Å². The first-order chi connectivity index (χ1) is 18.7. The first-order valence-electron chi connectivity index (χ1n) is 14.1. The topological polar surface area (TPSA) is 68.6 Å². The summed E-state index contributed by atoms with van der Waals surface area (Å²) in [4.78, 5) is 13.2. The van der Waals surface area contributed by atoms with E-state index in [1.54, 1.807) is 12.1 Å². The molecule has 0 saturated heterocycles. The minimum atomic E-state index is -2.30. The number of hydrogen-bond donors (Lipinski definition) is 0. The Kier molecular flexibility index (Phi) is 10.5. The van der Waals surface area contributed by atoms with Crippen molar-refractivity contribution < 1.29 is 17.8 Å². The predicted octanol–water partition coefficient (Wildman–Crippen LogP) is 9.03. The molecule has 0 amide bonds. The SMILES string of the molecule is CCCCC(c1ccc(C(=O)Oc2cc(C#N)ccc2-c2ccccc2)cc1)[Si](C)(C)O[Si](C)(C)O[Si](C)(C)C. The normalized spacial score (nSPS) is 13.0. The third-order valence-electron chi connectivity index (χ3n) is 6.69. The Morgan fingerprint density at radius 1 is 0.875 bits per heavy atom. The van der Waals surface area contributed by atoms with Crippen LogP contribution in [0.25, 0.3) is 11.1 Å². The van der Waals surface area contributed by atoms with Crippen LogP contribution in [0.4, 0.5) is 0 Å². The van der Waals surface area contributed by atoms with Crippen LogP contribution in [0.1, 0.15) is 53.2 Å². The lowest BCUT2D eigenvalue weighted by atomic mass is 10.0. The maximum atomic E-state index is 13.2. The van der Waals surface area contributed by atoms with E-state index in [2.05, 4.69) is 58.8 Å². The van der Waals surface area contributed by atoms with Crippen molar-refractivity contribution in [2.24, 2.45) is 0 Å². The molecule has 0 aliphatic rings. The van der Waals surface area contributed by atoms with E-state index in [1.807, 2.05) is 60.7 Å². The number of benzene rings is 3. The summed E-state index contributed by atoms with van der Waals surface area (Å²) in [5, 5.41) is 9.41. The molecule has 0 bridgehead atoms. The second kappa shape index (κ2) is 13.2. The van der Waals surface area contributed by atoms with E-state index < -0.39 is 31.2 Å².